The first-order valence-corrected chi connectivity index (χ1v) is 8.09. The van der Waals surface area contributed by atoms with Crippen LogP contribution in [0.4, 0.5) is 14.6 Å². The number of anilines is 1. The third-order valence-electron chi connectivity index (χ3n) is 2.39. The van der Waals surface area contributed by atoms with E-state index in [0.717, 1.165) is 0 Å². The summed E-state index contributed by atoms with van der Waals surface area (Å²) in [5.74, 6) is 5.26. The van der Waals surface area contributed by atoms with Crippen LogP contribution in [0.3, 0.4) is 0 Å². The number of alkyl halides is 2. The summed E-state index contributed by atoms with van der Waals surface area (Å²) in [6.45, 7) is -1.05. The van der Waals surface area contributed by atoms with Crippen molar-refractivity contribution >= 4 is 32.1 Å². The summed E-state index contributed by atoms with van der Waals surface area (Å²) >= 11 is 1.25. The maximum absolute atomic E-state index is 12.2. The summed E-state index contributed by atoms with van der Waals surface area (Å²) in [5.41, 5.74) is 2.22. The largest absolute Gasteiger partial charge is 0.374 e. The average Bonchev–Trinajstić information content (AvgIpc) is 2.96. The Balaban J connectivity index is 2.09. The summed E-state index contributed by atoms with van der Waals surface area (Å²) in [6, 6.07) is 0. The molecule has 21 heavy (non-hydrogen) atoms. The topological polar surface area (TPSA) is 111 Å². The van der Waals surface area contributed by atoms with Crippen molar-refractivity contribution in [3.8, 4) is 0 Å². The van der Waals surface area contributed by atoms with Crippen LogP contribution in [-0.4, -0.2) is 44.0 Å². The minimum Gasteiger partial charge on any atom is -0.374 e. The molecule has 0 bridgehead atoms. The highest BCUT2D eigenvalue weighted by Crippen LogP contribution is 2.24. The number of rotatable bonds is 8. The number of nitrogens with two attached hydrogens (primary N) is 1. The monoisotopic (exact) mass is 341 g/mol. The molecule has 0 amide bonds. The lowest BCUT2D eigenvalue weighted by Gasteiger charge is -2.08. The number of hydrogen-bond acceptors (Lipinski definition) is 7. The van der Waals surface area contributed by atoms with Gasteiger partial charge in [0.25, 0.3) is 16.4 Å². The summed E-state index contributed by atoms with van der Waals surface area (Å²) in [4.78, 5) is 4.48. The zero-order chi connectivity index (χ0) is 15.5. The molecule has 0 radical (unpaired) electrons. The average molecular weight is 341 g/mol. The molecule has 118 valence electrons. The van der Waals surface area contributed by atoms with Gasteiger partial charge in [-0.25, -0.2) is 27.8 Å². The van der Waals surface area contributed by atoms with E-state index in [-0.39, 0.29) is 24.0 Å². The molecule has 0 fully saturated rings. The third-order valence-corrected chi connectivity index (χ3v) is 4.63. The molecular weight excluding hydrogens is 328 g/mol. The first kappa shape index (κ1) is 16.0. The quantitative estimate of drug-likeness (QED) is 0.360. The minimum atomic E-state index is -3.91. The van der Waals surface area contributed by atoms with Crippen LogP contribution in [0.1, 0.15) is 0 Å². The van der Waals surface area contributed by atoms with Gasteiger partial charge in [0, 0.05) is 18.1 Å². The number of nitrogens with one attached hydrogen (secondary N) is 2. The van der Waals surface area contributed by atoms with Crippen molar-refractivity contribution in [3.05, 3.63) is 11.6 Å². The molecule has 0 aliphatic carbocycles. The molecule has 2 rings (SSSR count). The predicted molar refractivity (Wildman–Crippen MR) is 72.9 cm³/mol. The van der Waals surface area contributed by atoms with Gasteiger partial charge in [0.1, 0.15) is 6.61 Å². The first-order valence-electron chi connectivity index (χ1n) is 5.73. The molecule has 0 aliphatic heterocycles. The van der Waals surface area contributed by atoms with E-state index in [4.69, 9.17) is 5.84 Å². The van der Waals surface area contributed by atoms with Crippen molar-refractivity contribution in [3.63, 3.8) is 0 Å². The number of nitrogens with zero attached hydrogens (tertiary/aromatic N) is 2. The second-order valence-corrected chi connectivity index (χ2v) is 6.38. The highest BCUT2D eigenvalue weighted by atomic mass is 32.2. The van der Waals surface area contributed by atoms with Crippen LogP contribution in [0.25, 0.3) is 4.96 Å². The predicted octanol–water partition coefficient (Wildman–Crippen LogP) is 0.241. The van der Waals surface area contributed by atoms with Gasteiger partial charge < -0.3 is 10.2 Å². The standard InChI is InChI=1S/C9H13F2N5O3S2/c10-6(11)5-19-3-1-13-21(17,18)8-7(15-12)14-9-16(8)2-4-20-9/h2,4,6,13,15H,1,3,5,12H2. The number of hydrogen-bond donors (Lipinski definition) is 3. The number of hydrazine groups is 1. The van der Waals surface area contributed by atoms with E-state index in [1.807, 2.05) is 0 Å². The highest BCUT2D eigenvalue weighted by molar-refractivity contribution is 7.89. The Morgan fingerprint density at radius 3 is 2.95 bits per heavy atom. The fourth-order valence-electron chi connectivity index (χ4n) is 1.60. The molecule has 2 aromatic heterocycles. The molecule has 0 saturated heterocycles. The molecule has 0 saturated carbocycles. The SMILES string of the molecule is NNc1nc2sccn2c1S(=O)(=O)NCCOCC(F)F. The van der Waals surface area contributed by atoms with Crippen molar-refractivity contribution in [2.75, 3.05) is 25.2 Å². The van der Waals surface area contributed by atoms with Gasteiger partial charge >= 0.3 is 0 Å². The molecule has 0 spiro atoms. The normalized spacial score (nSPS) is 12.4. The van der Waals surface area contributed by atoms with E-state index >= 15 is 0 Å². The van der Waals surface area contributed by atoms with Crippen LogP contribution in [0.15, 0.2) is 16.6 Å². The zero-order valence-corrected chi connectivity index (χ0v) is 12.3. The van der Waals surface area contributed by atoms with Gasteiger partial charge in [-0.05, 0) is 0 Å². The van der Waals surface area contributed by atoms with Gasteiger partial charge in [0.2, 0.25) is 5.03 Å². The smallest absolute Gasteiger partial charge is 0.261 e. The number of fused-ring (bicyclic) bond motifs is 1. The summed E-state index contributed by atoms with van der Waals surface area (Å²) in [7, 11) is -3.91. The molecule has 0 aliphatic rings. The lowest BCUT2D eigenvalue weighted by atomic mass is 10.7. The van der Waals surface area contributed by atoms with E-state index in [1.54, 1.807) is 5.38 Å². The van der Waals surface area contributed by atoms with Gasteiger partial charge in [-0.3, -0.25) is 4.40 Å². The molecule has 12 heteroatoms. The Kier molecular flexibility index (Phi) is 5.05. The number of imidazole rings is 1. The van der Waals surface area contributed by atoms with Gasteiger partial charge in [0.05, 0.1) is 6.61 Å². The number of thiazole rings is 1. The number of halogens is 2. The number of ether oxygens (including phenoxy) is 1. The minimum absolute atomic E-state index is 0.00264. The molecule has 0 atom stereocenters. The zero-order valence-electron chi connectivity index (χ0n) is 10.6. The van der Waals surface area contributed by atoms with Gasteiger partial charge in [-0.15, -0.1) is 11.3 Å². The lowest BCUT2D eigenvalue weighted by molar-refractivity contribution is 0.0199. The Bertz CT molecular complexity index is 699. The Hall–Kier alpha value is -1.34. The Morgan fingerprint density at radius 2 is 2.29 bits per heavy atom. The van der Waals surface area contributed by atoms with Crippen LogP contribution in [0.5, 0.6) is 0 Å². The summed E-state index contributed by atoms with van der Waals surface area (Å²) in [6.07, 6.45) is -1.05. The molecule has 8 nitrogen and oxygen atoms in total. The van der Waals surface area contributed by atoms with E-state index in [1.165, 1.54) is 21.9 Å². The van der Waals surface area contributed by atoms with E-state index in [0.29, 0.717) is 4.96 Å². The van der Waals surface area contributed by atoms with E-state index in [9.17, 15) is 17.2 Å². The summed E-state index contributed by atoms with van der Waals surface area (Å²) in [5, 5.41) is 1.53. The van der Waals surface area contributed by atoms with Crippen molar-refractivity contribution in [1.82, 2.24) is 14.1 Å². The molecule has 2 aromatic rings. The highest BCUT2D eigenvalue weighted by Gasteiger charge is 2.25. The molecule has 2 heterocycles. The van der Waals surface area contributed by atoms with Gasteiger partial charge in [-0.1, -0.05) is 0 Å². The first-order chi connectivity index (χ1) is 9.95. The maximum Gasteiger partial charge on any atom is 0.261 e. The molecular formula is C9H13F2N5O3S2. The Labute approximate surface area is 122 Å². The van der Waals surface area contributed by atoms with Crippen LogP contribution < -0.4 is 16.0 Å². The fraction of sp³-hybridized carbons (Fsp3) is 0.444. The van der Waals surface area contributed by atoms with Crippen LogP contribution >= 0.6 is 11.3 Å². The molecule has 4 N–H and O–H groups in total. The number of sulfonamides is 1. The lowest BCUT2D eigenvalue weighted by Crippen LogP contribution is -2.29. The summed E-state index contributed by atoms with van der Waals surface area (Å²) < 4.78 is 56.4. The second kappa shape index (κ2) is 6.62. The van der Waals surface area contributed by atoms with Crippen molar-refractivity contribution in [2.24, 2.45) is 5.84 Å². The third kappa shape index (κ3) is 3.65. The van der Waals surface area contributed by atoms with Crippen LogP contribution in [0, 0.1) is 0 Å². The van der Waals surface area contributed by atoms with E-state index in [2.05, 4.69) is 19.9 Å². The number of aromatic nitrogens is 2. The second-order valence-electron chi connectivity index (χ2n) is 3.83. The molecule has 0 aromatic carbocycles. The van der Waals surface area contributed by atoms with Crippen molar-refractivity contribution < 1.29 is 21.9 Å². The van der Waals surface area contributed by atoms with Crippen molar-refractivity contribution in [1.29, 1.82) is 0 Å². The van der Waals surface area contributed by atoms with Crippen LogP contribution in [-0.2, 0) is 14.8 Å². The van der Waals surface area contributed by atoms with Gasteiger partial charge in [0.15, 0.2) is 10.8 Å². The number of nitrogen functional groups attached to an aromatic ring is 1. The van der Waals surface area contributed by atoms with Crippen molar-refractivity contribution in [2.45, 2.75) is 11.5 Å². The maximum atomic E-state index is 12.2. The fourth-order valence-corrected chi connectivity index (χ4v) is 3.63. The van der Waals surface area contributed by atoms with Crippen LogP contribution in [0.2, 0.25) is 0 Å². The van der Waals surface area contributed by atoms with E-state index < -0.39 is 23.1 Å². The Morgan fingerprint density at radius 1 is 1.52 bits per heavy atom. The van der Waals surface area contributed by atoms with Gasteiger partial charge in [-0.2, -0.15) is 4.98 Å². The molecule has 0 unspecified atom stereocenters.